The van der Waals surface area contributed by atoms with Crippen LogP contribution in [0.2, 0.25) is 0 Å². The summed E-state index contributed by atoms with van der Waals surface area (Å²) in [6.07, 6.45) is 0. The summed E-state index contributed by atoms with van der Waals surface area (Å²) in [5.41, 5.74) is 0.887. The van der Waals surface area contributed by atoms with Crippen molar-refractivity contribution in [2.45, 2.75) is 0 Å². The highest BCUT2D eigenvalue weighted by molar-refractivity contribution is 5.27. The molecular weight excluding hydrogens is 114 g/mol. The van der Waals surface area contributed by atoms with Gasteiger partial charge in [0, 0.05) is 12.1 Å². The normalized spacial score (nSPS) is 10.1. The topological polar surface area (TPSA) is 56.5 Å². The molecule has 1 rings (SSSR count). The predicted molar refractivity (Wildman–Crippen MR) is 35.4 cm³/mol. The fourth-order valence-corrected chi connectivity index (χ4v) is 0.631. The summed E-state index contributed by atoms with van der Waals surface area (Å²) in [5.74, 6) is 10.6. The first kappa shape index (κ1) is 6.22. The van der Waals surface area contributed by atoms with Gasteiger partial charge in [-0.25, -0.2) is 0 Å². The standard InChI is InChI=1S/C6H9N3/c7-9(8)6-4-2-1-3-5-6/h1-5H,7-8H2/p+1. The van der Waals surface area contributed by atoms with E-state index < -0.39 is 0 Å². The highest BCUT2D eigenvalue weighted by atomic mass is 15.6. The second-order valence-corrected chi connectivity index (χ2v) is 1.82. The van der Waals surface area contributed by atoms with E-state index in [1.807, 2.05) is 30.3 Å². The average molecular weight is 124 g/mol. The van der Waals surface area contributed by atoms with Gasteiger partial charge in [0.15, 0.2) is 5.69 Å². The molecule has 0 aromatic heterocycles. The van der Waals surface area contributed by atoms with E-state index >= 15 is 0 Å². The monoisotopic (exact) mass is 124 g/mol. The summed E-state index contributed by atoms with van der Waals surface area (Å²) in [5, 5.41) is 0.371. The maximum Gasteiger partial charge on any atom is 0.169 e. The molecule has 0 saturated carbocycles. The Kier molecular flexibility index (Phi) is 1.79. The van der Waals surface area contributed by atoms with Gasteiger partial charge < -0.3 is 0 Å². The van der Waals surface area contributed by atoms with E-state index in [1.54, 1.807) is 0 Å². The molecular formula is C6H10N3+. The zero-order chi connectivity index (χ0) is 6.69. The molecule has 0 spiro atoms. The fourth-order valence-electron chi connectivity index (χ4n) is 0.631. The Morgan fingerprint density at radius 3 is 1.89 bits per heavy atom. The lowest BCUT2D eigenvalue weighted by Gasteiger charge is -2.01. The van der Waals surface area contributed by atoms with Gasteiger partial charge in [-0.1, -0.05) is 18.2 Å². The van der Waals surface area contributed by atoms with E-state index in [4.69, 9.17) is 11.7 Å². The van der Waals surface area contributed by atoms with Crippen molar-refractivity contribution in [3.05, 3.63) is 30.3 Å². The molecule has 0 aliphatic carbocycles. The number of rotatable bonds is 1. The Bertz CT molecular complexity index is 171. The van der Waals surface area contributed by atoms with Gasteiger partial charge in [-0.15, -0.1) is 0 Å². The van der Waals surface area contributed by atoms with Crippen molar-refractivity contribution in [3.63, 3.8) is 0 Å². The molecule has 0 aliphatic heterocycles. The second kappa shape index (κ2) is 2.59. The highest BCUT2D eigenvalue weighted by Gasteiger charge is 1.96. The van der Waals surface area contributed by atoms with E-state index in [-0.39, 0.29) is 0 Å². The van der Waals surface area contributed by atoms with Crippen molar-refractivity contribution in [1.29, 1.82) is 0 Å². The quantitative estimate of drug-likeness (QED) is 0.330. The van der Waals surface area contributed by atoms with Crippen LogP contribution in [0.5, 0.6) is 0 Å². The Labute approximate surface area is 53.8 Å². The number of hydrogen-bond acceptors (Lipinski definition) is 2. The molecule has 1 aromatic rings. The minimum absolute atomic E-state index is 0.371. The second-order valence-electron chi connectivity index (χ2n) is 1.82. The van der Waals surface area contributed by atoms with Crippen LogP contribution in [0.3, 0.4) is 0 Å². The Morgan fingerprint density at radius 1 is 1.00 bits per heavy atom. The molecule has 0 aliphatic rings. The van der Waals surface area contributed by atoms with Gasteiger partial charge in [-0.05, 0) is 0 Å². The summed E-state index contributed by atoms with van der Waals surface area (Å²) < 4.78 is 0. The smallest absolute Gasteiger partial charge is 0.158 e. The van der Waals surface area contributed by atoms with Crippen LogP contribution >= 0.6 is 0 Å². The first-order valence-electron chi connectivity index (χ1n) is 2.74. The molecule has 1 aromatic carbocycles. The van der Waals surface area contributed by atoms with Crippen LogP contribution in [0, 0.1) is 0 Å². The van der Waals surface area contributed by atoms with Crippen molar-refractivity contribution in [1.82, 2.24) is 0 Å². The maximum absolute atomic E-state index is 5.31. The maximum atomic E-state index is 5.31. The zero-order valence-corrected chi connectivity index (χ0v) is 5.04. The molecule has 0 heterocycles. The van der Waals surface area contributed by atoms with Crippen LogP contribution in [0.25, 0.3) is 0 Å². The number of benzene rings is 1. The third kappa shape index (κ3) is 1.50. The Hall–Kier alpha value is -0.900. The lowest BCUT2D eigenvalue weighted by molar-refractivity contribution is -0.858. The van der Waals surface area contributed by atoms with E-state index in [2.05, 4.69) is 0 Å². The SMILES string of the molecule is N[NH+](N)c1ccccc1. The first-order valence-corrected chi connectivity index (χ1v) is 2.74. The van der Waals surface area contributed by atoms with Crippen molar-refractivity contribution < 1.29 is 5.12 Å². The molecule has 0 saturated heterocycles. The van der Waals surface area contributed by atoms with E-state index in [9.17, 15) is 0 Å². The predicted octanol–water partition coefficient (Wildman–Crippen LogP) is -1.05. The average Bonchev–Trinajstić information content (AvgIpc) is 1.90. The molecule has 9 heavy (non-hydrogen) atoms. The van der Waals surface area contributed by atoms with Gasteiger partial charge in [0.2, 0.25) is 0 Å². The third-order valence-corrected chi connectivity index (χ3v) is 1.11. The molecule has 5 N–H and O–H groups in total. The summed E-state index contributed by atoms with van der Waals surface area (Å²) >= 11 is 0. The lowest BCUT2D eigenvalue weighted by atomic mass is 10.3. The number of hydrogen-bond donors (Lipinski definition) is 3. The van der Waals surface area contributed by atoms with Crippen molar-refractivity contribution in [2.75, 3.05) is 0 Å². The summed E-state index contributed by atoms with van der Waals surface area (Å²) in [6, 6.07) is 9.46. The number of quaternary nitrogens is 1. The minimum Gasteiger partial charge on any atom is -0.158 e. The van der Waals surface area contributed by atoms with Crippen LogP contribution in [0.1, 0.15) is 0 Å². The zero-order valence-electron chi connectivity index (χ0n) is 5.04. The van der Waals surface area contributed by atoms with Crippen molar-refractivity contribution in [2.24, 2.45) is 11.7 Å². The van der Waals surface area contributed by atoms with Crippen molar-refractivity contribution in [3.8, 4) is 0 Å². The molecule has 0 unspecified atom stereocenters. The molecule has 0 bridgehead atoms. The van der Waals surface area contributed by atoms with Gasteiger partial charge in [-0.3, -0.25) is 0 Å². The van der Waals surface area contributed by atoms with Crippen LogP contribution in [0.15, 0.2) is 30.3 Å². The summed E-state index contributed by atoms with van der Waals surface area (Å²) in [4.78, 5) is 0. The van der Waals surface area contributed by atoms with Gasteiger partial charge in [0.1, 0.15) is 0 Å². The lowest BCUT2D eigenvalue weighted by Crippen LogP contribution is -3.18. The van der Waals surface area contributed by atoms with Crippen LogP contribution < -0.4 is 16.8 Å². The van der Waals surface area contributed by atoms with Gasteiger partial charge >= 0.3 is 0 Å². The van der Waals surface area contributed by atoms with Crippen LogP contribution in [-0.4, -0.2) is 0 Å². The molecule has 0 radical (unpaired) electrons. The summed E-state index contributed by atoms with van der Waals surface area (Å²) in [7, 11) is 0. The number of nitrogens with two attached hydrogens (primary N) is 2. The molecule has 0 amide bonds. The molecule has 3 nitrogen and oxygen atoms in total. The number of nitrogens with one attached hydrogen (secondary N) is 1. The van der Waals surface area contributed by atoms with Crippen LogP contribution in [0.4, 0.5) is 5.69 Å². The van der Waals surface area contributed by atoms with Gasteiger partial charge in [-0.2, -0.15) is 16.8 Å². The van der Waals surface area contributed by atoms with E-state index in [1.165, 1.54) is 0 Å². The van der Waals surface area contributed by atoms with E-state index in [0.717, 1.165) is 5.69 Å². The molecule has 0 atom stereocenters. The minimum atomic E-state index is 0.371. The first-order chi connectivity index (χ1) is 4.30. The Morgan fingerprint density at radius 2 is 1.56 bits per heavy atom. The Balaban J connectivity index is 2.85. The number of nitrogen functional groups attached to an aromatic ring is 1. The highest BCUT2D eigenvalue weighted by Crippen LogP contribution is 1.95. The van der Waals surface area contributed by atoms with Crippen LogP contribution in [-0.2, 0) is 0 Å². The molecule has 0 fully saturated rings. The summed E-state index contributed by atoms with van der Waals surface area (Å²) in [6.45, 7) is 0. The van der Waals surface area contributed by atoms with E-state index in [0.29, 0.717) is 5.12 Å². The third-order valence-electron chi connectivity index (χ3n) is 1.11. The van der Waals surface area contributed by atoms with Gasteiger partial charge in [0.25, 0.3) is 0 Å². The largest absolute Gasteiger partial charge is 0.169 e. The van der Waals surface area contributed by atoms with Gasteiger partial charge in [0.05, 0.1) is 0 Å². The molecule has 3 heteroatoms. The van der Waals surface area contributed by atoms with Crippen molar-refractivity contribution >= 4 is 5.69 Å². The fraction of sp³-hybridized carbons (Fsp3) is 0. The molecule has 48 valence electrons.